The minimum Gasteiger partial charge on any atom is -0.368 e. The predicted molar refractivity (Wildman–Crippen MR) is 68.3 cm³/mol. The summed E-state index contributed by atoms with van der Waals surface area (Å²) >= 11 is 0. The lowest BCUT2D eigenvalue weighted by Crippen LogP contribution is -2.31. The van der Waals surface area contributed by atoms with Crippen LogP contribution in [-0.2, 0) is 6.42 Å². The fourth-order valence-corrected chi connectivity index (χ4v) is 1.67. The van der Waals surface area contributed by atoms with E-state index in [0.717, 1.165) is 10.2 Å². The van der Waals surface area contributed by atoms with E-state index in [0.29, 0.717) is 12.0 Å². The van der Waals surface area contributed by atoms with Crippen molar-refractivity contribution in [3.63, 3.8) is 0 Å². The van der Waals surface area contributed by atoms with Crippen LogP contribution in [0.2, 0.25) is 0 Å². The van der Waals surface area contributed by atoms with Crippen molar-refractivity contribution in [1.82, 2.24) is 9.78 Å². The Morgan fingerprint density at radius 1 is 1.42 bits per heavy atom. The van der Waals surface area contributed by atoms with Crippen molar-refractivity contribution >= 4 is 11.6 Å². The second-order valence-corrected chi connectivity index (χ2v) is 3.92. The number of rotatable bonds is 3. The fourth-order valence-electron chi connectivity index (χ4n) is 1.67. The Morgan fingerprint density at radius 3 is 2.53 bits per heavy atom. The molecule has 1 aromatic carbocycles. The lowest BCUT2D eigenvalue weighted by Gasteiger charge is -1.98. The number of nitrogens with one attached hydrogen (secondary N) is 2. The van der Waals surface area contributed by atoms with Gasteiger partial charge in [0.15, 0.2) is 0 Å². The molecular weight excluding hydrogens is 250 g/mol. The standard InChI is InChI=1S/C11H11N5O3/c12-11(13)15-10(17)8(6-14-15)5-7-1-3-9(4-2-7)16(18)19/h1-4,6,14H,5H2,(H3,12,13). The lowest BCUT2D eigenvalue weighted by molar-refractivity contribution is -0.384. The number of non-ortho nitro benzene ring substituents is 1. The molecule has 0 atom stereocenters. The van der Waals surface area contributed by atoms with E-state index in [1.54, 1.807) is 12.1 Å². The quantitative estimate of drug-likeness (QED) is 0.319. The van der Waals surface area contributed by atoms with E-state index < -0.39 is 10.5 Å². The summed E-state index contributed by atoms with van der Waals surface area (Å²) in [5.41, 5.74) is 6.01. The molecule has 0 saturated carbocycles. The molecule has 0 aliphatic heterocycles. The Labute approximate surface area is 107 Å². The number of nitro groups is 1. The molecule has 0 saturated heterocycles. The van der Waals surface area contributed by atoms with Crippen molar-refractivity contribution in [2.75, 3.05) is 0 Å². The van der Waals surface area contributed by atoms with Gasteiger partial charge in [-0.05, 0) is 5.56 Å². The zero-order chi connectivity index (χ0) is 14.0. The first-order valence-corrected chi connectivity index (χ1v) is 5.36. The van der Waals surface area contributed by atoms with Gasteiger partial charge in [-0.1, -0.05) is 12.1 Å². The molecule has 0 radical (unpaired) electrons. The van der Waals surface area contributed by atoms with Gasteiger partial charge in [0.25, 0.3) is 11.2 Å². The van der Waals surface area contributed by atoms with Crippen LogP contribution in [0.3, 0.4) is 0 Å². The van der Waals surface area contributed by atoms with Crippen LogP contribution >= 0.6 is 0 Å². The maximum atomic E-state index is 11.8. The van der Waals surface area contributed by atoms with Gasteiger partial charge in [0, 0.05) is 30.3 Å². The van der Waals surface area contributed by atoms with Crippen LogP contribution in [-0.4, -0.2) is 20.7 Å². The molecule has 1 heterocycles. The average Bonchev–Trinajstić information content (AvgIpc) is 2.72. The minimum absolute atomic E-state index is 0.000958. The number of benzene rings is 1. The summed E-state index contributed by atoms with van der Waals surface area (Å²) in [5.74, 6) is -0.389. The van der Waals surface area contributed by atoms with Crippen molar-refractivity contribution in [3.05, 3.63) is 62.1 Å². The maximum absolute atomic E-state index is 11.8. The van der Waals surface area contributed by atoms with Crippen LogP contribution in [0.25, 0.3) is 0 Å². The first kappa shape index (κ1) is 12.6. The van der Waals surface area contributed by atoms with Crippen molar-refractivity contribution < 1.29 is 4.92 Å². The highest BCUT2D eigenvalue weighted by molar-refractivity contribution is 5.76. The Bertz CT molecular complexity index is 683. The number of H-pyrrole nitrogens is 1. The van der Waals surface area contributed by atoms with Gasteiger partial charge in [0.1, 0.15) is 0 Å². The molecule has 1 aromatic heterocycles. The summed E-state index contributed by atoms with van der Waals surface area (Å²) in [6, 6.07) is 5.93. The first-order valence-electron chi connectivity index (χ1n) is 5.36. The summed E-state index contributed by atoms with van der Waals surface area (Å²) in [5, 5.41) is 20.3. The van der Waals surface area contributed by atoms with Gasteiger partial charge in [-0.3, -0.25) is 25.4 Å². The van der Waals surface area contributed by atoms with E-state index in [9.17, 15) is 14.9 Å². The molecule has 2 aromatic rings. The smallest absolute Gasteiger partial charge is 0.277 e. The van der Waals surface area contributed by atoms with Crippen LogP contribution in [0.15, 0.2) is 35.3 Å². The molecule has 0 unspecified atom stereocenters. The van der Waals surface area contributed by atoms with Gasteiger partial charge in [-0.2, -0.15) is 4.68 Å². The number of nitrogens with zero attached hydrogens (tertiary/aromatic N) is 2. The van der Waals surface area contributed by atoms with E-state index in [1.165, 1.54) is 18.3 Å². The third kappa shape index (κ3) is 2.51. The number of hydrogen-bond acceptors (Lipinski definition) is 4. The monoisotopic (exact) mass is 261 g/mol. The minimum atomic E-state index is -0.483. The van der Waals surface area contributed by atoms with Crippen molar-refractivity contribution in [2.45, 2.75) is 6.42 Å². The SMILES string of the molecule is N=C(N)n1[nH]cc(Cc2ccc([N+](=O)[O-])cc2)c1=O. The number of nitro benzene ring substituents is 1. The Hall–Kier alpha value is -2.90. The molecule has 19 heavy (non-hydrogen) atoms. The summed E-state index contributed by atoms with van der Waals surface area (Å²) in [7, 11) is 0. The summed E-state index contributed by atoms with van der Waals surface area (Å²) in [6.07, 6.45) is 1.78. The van der Waals surface area contributed by atoms with E-state index in [-0.39, 0.29) is 11.6 Å². The van der Waals surface area contributed by atoms with Gasteiger partial charge in [-0.25, -0.2) is 0 Å². The molecule has 0 aliphatic carbocycles. The Balaban J connectivity index is 2.24. The zero-order valence-corrected chi connectivity index (χ0v) is 9.79. The lowest BCUT2D eigenvalue weighted by atomic mass is 10.1. The predicted octanol–water partition coefficient (Wildman–Crippen LogP) is 0.417. The highest BCUT2D eigenvalue weighted by Crippen LogP contribution is 2.13. The molecule has 4 N–H and O–H groups in total. The van der Waals surface area contributed by atoms with E-state index in [1.807, 2.05) is 0 Å². The van der Waals surface area contributed by atoms with E-state index in [4.69, 9.17) is 11.1 Å². The number of aromatic amines is 1. The van der Waals surface area contributed by atoms with Crippen molar-refractivity contribution in [1.29, 1.82) is 5.41 Å². The van der Waals surface area contributed by atoms with Crippen LogP contribution in [0.1, 0.15) is 11.1 Å². The van der Waals surface area contributed by atoms with Crippen LogP contribution in [0.5, 0.6) is 0 Å². The molecule has 0 amide bonds. The van der Waals surface area contributed by atoms with Gasteiger partial charge >= 0.3 is 0 Å². The number of nitrogen functional groups attached to an aromatic ring is 1. The summed E-state index contributed by atoms with van der Waals surface area (Å²) < 4.78 is 0.917. The molecular formula is C11H11N5O3. The topological polar surface area (TPSA) is 131 Å². The second-order valence-electron chi connectivity index (χ2n) is 3.92. The molecule has 8 heteroatoms. The first-order chi connectivity index (χ1) is 8.99. The molecule has 98 valence electrons. The molecule has 0 aliphatic rings. The molecule has 0 spiro atoms. The van der Waals surface area contributed by atoms with Crippen LogP contribution in [0.4, 0.5) is 5.69 Å². The van der Waals surface area contributed by atoms with Crippen LogP contribution in [0, 0.1) is 15.5 Å². The van der Waals surface area contributed by atoms with Gasteiger partial charge in [0.2, 0.25) is 5.96 Å². The number of hydrogen-bond donors (Lipinski definition) is 3. The van der Waals surface area contributed by atoms with Crippen LogP contribution < -0.4 is 11.3 Å². The van der Waals surface area contributed by atoms with Gasteiger partial charge in [0.05, 0.1) is 4.92 Å². The van der Waals surface area contributed by atoms with Crippen molar-refractivity contribution in [3.8, 4) is 0 Å². The Morgan fingerprint density at radius 2 is 2.05 bits per heavy atom. The van der Waals surface area contributed by atoms with E-state index >= 15 is 0 Å². The normalized spacial score (nSPS) is 10.3. The highest BCUT2D eigenvalue weighted by Gasteiger charge is 2.10. The number of nitrogens with two attached hydrogens (primary N) is 1. The molecule has 2 rings (SSSR count). The van der Waals surface area contributed by atoms with E-state index in [2.05, 4.69) is 5.10 Å². The van der Waals surface area contributed by atoms with Crippen molar-refractivity contribution in [2.24, 2.45) is 5.73 Å². The largest absolute Gasteiger partial charge is 0.368 e. The maximum Gasteiger partial charge on any atom is 0.277 e. The third-order valence-electron chi connectivity index (χ3n) is 2.63. The zero-order valence-electron chi connectivity index (χ0n) is 9.79. The average molecular weight is 261 g/mol. The van der Waals surface area contributed by atoms with Gasteiger partial charge in [-0.15, -0.1) is 0 Å². The summed E-state index contributed by atoms with van der Waals surface area (Å²) in [4.78, 5) is 21.8. The second kappa shape index (κ2) is 4.77. The highest BCUT2D eigenvalue weighted by atomic mass is 16.6. The summed E-state index contributed by atoms with van der Waals surface area (Å²) in [6.45, 7) is 0. The van der Waals surface area contributed by atoms with Gasteiger partial charge < -0.3 is 5.73 Å². The Kier molecular flexibility index (Phi) is 3.15. The fraction of sp³-hybridized carbons (Fsp3) is 0.0909. The molecule has 8 nitrogen and oxygen atoms in total. The molecule has 0 bridgehead atoms. The molecule has 0 fully saturated rings. The third-order valence-corrected chi connectivity index (χ3v) is 2.63. The number of aromatic nitrogens is 2.